The third-order valence-corrected chi connectivity index (χ3v) is 5.50. The van der Waals surface area contributed by atoms with Crippen molar-refractivity contribution in [3.63, 3.8) is 0 Å². The van der Waals surface area contributed by atoms with Gasteiger partial charge in [0.25, 0.3) is 0 Å². The van der Waals surface area contributed by atoms with Gasteiger partial charge in [-0.15, -0.1) is 22.7 Å². The van der Waals surface area contributed by atoms with E-state index in [1.165, 1.54) is 11.3 Å². The lowest BCUT2D eigenvalue weighted by Gasteiger charge is -2.01. The lowest BCUT2D eigenvalue weighted by atomic mass is 10.3. The van der Waals surface area contributed by atoms with Gasteiger partial charge in [-0.25, -0.2) is 9.97 Å². The summed E-state index contributed by atoms with van der Waals surface area (Å²) in [6.45, 7) is 0.440. The molecule has 4 rings (SSSR count). The normalized spacial score (nSPS) is 10.9. The molecule has 5 nitrogen and oxygen atoms in total. The predicted molar refractivity (Wildman–Crippen MR) is 101 cm³/mol. The average molecular weight is 366 g/mol. The Kier molecular flexibility index (Phi) is 4.49. The molecule has 0 radical (unpaired) electrons. The van der Waals surface area contributed by atoms with Gasteiger partial charge in [-0.3, -0.25) is 9.78 Å². The highest BCUT2D eigenvalue weighted by Gasteiger charge is 2.10. The first kappa shape index (κ1) is 15.9. The lowest BCUT2D eigenvalue weighted by Crippen LogP contribution is -2.24. The number of hydrogen-bond donors (Lipinski definition) is 1. The Hall–Kier alpha value is -2.64. The van der Waals surface area contributed by atoms with Gasteiger partial charge in [-0.05, 0) is 24.3 Å². The van der Waals surface area contributed by atoms with Crippen LogP contribution < -0.4 is 5.32 Å². The number of fused-ring (bicyclic) bond motifs is 1. The van der Waals surface area contributed by atoms with Crippen molar-refractivity contribution in [2.45, 2.75) is 13.0 Å². The van der Waals surface area contributed by atoms with E-state index in [1.807, 2.05) is 47.8 Å². The zero-order chi connectivity index (χ0) is 17.1. The summed E-state index contributed by atoms with van der Waals surface area (Å²) in [5.41, 5.74) is 2.55. The van der Waals surface area contributed by atoms with E-state index in [-0.39, 0.29) is 12.3 Å². The molecule has 0 saturated carbocycles. The number of carbonyl (C=O) groups excluding carboxylic acids is 1. The fraction of sp³-hybridized carbons (Fsp3) is 0.111. The highest BCUT2D eigenvalue weighted by molar-refractivity contribution is 7.18. The van der Waals surface area contributed by atoms with E-state index in [1.54, 1.807) is 17.5 Å². The summed E-state index contributed by atoms with van der Waals surface area (Å²) in [4.78, 5) is 25.5. The molecule has 7 heteroatoms. The minimum absolute atomic E-state index is 0.0582. The van der Waals surface area contributed by atoms with Gasteiger partial charge in [0.1, 0.15) is 10.0 Å². The molecule has 0 bridgehead atoms. The summed E-state index contributed by atoms with van der Waals surface area (Å²) >= 11 is 3.10. The fourth-order valence-electron chi connectivity index (χ4n) is 2.39. The molecule has 0 spiro atoms. The van der Waals surface area contributed by atoms with Crippen LogP contribution in [0.2, 0.25) is 0 Å². The van der Waals surface area contributed by atoms with Gasteiger partial charge in [0.05, 0.1) is 34.6 Å². The number of thiazole rings is 2. The van der Waals surface area contributed by atoms with Crippen molar-refractivity contribution in [1.29, 1.82) is 0 Å². The van der Waals surface area contributed by atoms with Gasteiger partial charge in [0, 0.05) is 11.6 Å². The molecule has 3 aromatic heterocycles. The van der Waals surface area contributed by atoms with E-state index in [4.69, 9.17) is 0 Å². The van der Waals surface area contributed by atoms with Crippen LogP contribution in [0, 0.1) is 0 Å². The number of carbonyl (C=O) groups is 1. The third-order valence-electron chi connectivity index (χ3n) is 3.55. The third kappa shape index (κ3) is 3.72. The standard InChI is InChI=1S/C18H14N4OS2/c23-16(20-10-17-22-13-5-1-2-7-15(13)25-17)9-12-11-24-18(21-12)14-6-3-4-8-19-14/h1-8,11H,9-10H2,(H,20,23). The lowest BCUT2D eigenvalue weighted by molar-refractivity contribution is -0.120. The van der Waals surface area contributed by atoms with Gasteiger partial charge in [0.2, 0.25) is 5.91 Å². The van der Waals surface area contributed by atoms with E-state index < -0.39 is 0 Å². The summed E-state index contributed by atoms with van der Waals surface area (Å²) in [5.74, 6) is -0.0582. The van der Waals surface area contributed by atoms with Crippen LogP contribution in [0.25, 0.3) is 20.9 Å². The molecule has 1 aromatic carbocycles. The van der Waals surface area contributed by atoms with E-state index in [9.17, 15) is 4.79 Å². The van der Waals surface area contributed by atoms with Crippen molar-refractivity contribution in [3.8, 4) is 10.7 Å². The molecule has 124 valence electrons. The van der Waals surface area contributed by atoms with Crippen LogP contribution in [0.1, 0.15) is 10.7 Å². The Balaban J connectivity index is 1.37. The molecule has 0 fully saturated rings. The quantitative estimate of drug-likeness (QED) is 0.585. The van der Waals surface area contributed by atoms with Crippen LogP contribution in [-0.2, 0) is 17.8 Å². The maximum Gasteiger partial charge on any atom is 0.226 e. The molecular formula is C18H14N4OS2. The van der Waals surface area contributed by atoms with E-state index in [0.717, 1.165) is 31.6 Å². The number of amides is 1. The average Bonchev–Trinajstić information content (AvgIpc) is 3.27. The smallest absolute Gasteiger partial charge is 0.226 e. The summed E-state index contributed by atoms with van der Waals surface area (Å²) in [6.07, 6.45) is 2.00. The van der Waals surface area contributed by atoms with Crippen LogP contribution in [0.5, 0.6) is 0 Å². The van der Waals surface area contributed by atoms with Crippen LogP contribution in [0.4, 0.5) is 0 Å². The monoisotopic (exact) mass is 366 g/mol. The Morgan fingerprint density at radius 3 is 2.80 bits per heavy atom. The molecule has 0 aliphatic rings. The molecule has 1 amide bonds. The second-order valence-electron chi connectivity index (χ2n) is 5.39. The van der Waals surface area contributed by atoms with Crippen LogP contribution in [0.3, 0.4) is 0 Å². The van der Waals surface area contributed by atoms with Crippen molar-refractivity contribution in [2.24, 2.45) is 0 Å². The Morgan fingerprint density at radius 1 is 1.08 bits per heavy atom. The van der Waals surface area contributed by atoms with Gasteiger partial charge < -0.3 is 5.32 Å². The van der Waals surface area contributed by atoms with Crippen LogP contribution in [0.15, 0.2) is 54.0 Å². The molecule has 0 unspecified atom stereocenters. The number of nitrogens with zero attached hydrogens (tertiary/aromatic N) is 3. The molecule has 0 aliphatic heterocycles. The van der Waals surface area contributed by atoms with Crippen molar-refractivity contribution in [3.05, 3.63) is 64.7 Å². The first-order valence-electron chi connectivity index (χ1n) is 7.75. The number of hydrogen-bond acceptors (Lipinski definition) is 6. The topological polar surface area (TPSA) is 67.8 Å². The Bertz CT molecular complexity index is 977. The van der Waals surface area contributed by atoms with Crippen LogP contribution >= 0.6 is 22.7 Å². The van der Waals surface area contributed by atoms with Crippen molar-refractivity contribution < 1.29 is 4.79 Å². The molecule has 25 heavy (non-hydrogen) atoms. The maximum absolute atomic E-state index is 12.2. The Morgan fingerprint density at radius 2 is 1.96 bits per heavy atom. The first-order valence-corrected chi connectivity index (χ1v) is 9.44. The summed E-state index contributed by atoms with van der Waals surface area (Å²) in [5, 5.41) is 6.55. The number of nitrogens with one attached hydrogen (secondary N) is 1. The number of rotatable bonds is 5. The number of para-hydroxylation sites is 1. The van der Waals surface area contributed by atoms with Crippen molar-refractivity contribution >= 4 is 38.8 Å². The minimum atomic E-state index is -0.0582. The molecule has 0 atom stereocenters. The van der Waals surface area contributed by atoms with Crippen LogP contribution in [-0.4, -0.2) is 20.9 Å². The number of pyridine rings is 1. The highest BCUT2D eigenvalue weighted by Crippen LogP contribution is 2.22. The Labute approximate surface area is 152 Å². The predicted octanol–water partition coefficient (Wildman–Crippen LogP) is 3.67. The zero-order valence-electron chi connectivity index (χ0n) is 13.2. The second kappa shape index (κ2) is 7.08. The van der Waals surface area contributed by atoms with Gasteiger partial charge >= 0.3 is 0 Å². The summed E-state index contributed by atoms with van der Waals surface area (Å²) < 4.78 is 1.13. The van der Waals surface area contributed by atoms with E-state index >= 15 is 0 Å². The van der Waals surface area contributed by atoms with Gasteiger partial charge in [-0.2, -0.15) is 0 Å². The second-order valence-corrected chi connectivity index (χ2v) is 7.36. The highest BCUT2D eigenvalue weighted by atomic mass is 32.1. The number of aromatic nitrogens is 3. The summed E-state index contributed by atoms with van der Waals surface area (Å²) in [6, 6.07) is 13.7. The van der Waals surface area contributed by atoms with Gasteiger partial charge in [-0.1, -0.05) is 18.2 Å². The molecule has 1 N–H and O–H groups in total. The molecule has 3 heterocycles. The molecular weight excluding hydrogens is 352 g/mol. The van der Waals surface area contributed by atoms with Gasteiger partial charge in [0.15, 0.2) is 0 Å². The SMILES string of the molecule is O=C(Cc1csc(-c2ccccn2)n1)NCc1nc2ccccc2s1. The maximum atomic E-state index is 12.2. The number of benzene rings is 1. The van der Waals surface area contributed by atoms with Crippen molar-refractivity contribution in [2.75, 3.05) is 0 Å². The van der Waals surface area contributed by atoms with E-state index in [0.29, 0.717) is 6.54 Å². The summed E-state index contributed by atoms with van der Waals surface area (Å²) in [7, 11) is 0. The first-order chi connectivity index (χ1) is 12.3. The minimum Gasteiger partial charge on any atom is -0.349 e. The van der Waals surface area contributed by atoms with E-state index in [2.05, 4.69) is 20.3 Å². The molecule has 0 saturated heterocycles. The zero-order valence-corrected chi connectivity index (χ0v) is 14.8. The molecule has 0 aliphatic carbocycles. The van der Waals surface area contributed by atoms with Crippen molar-refractivity contribution in [1.82, 2.24) is 20.3 Å². The largest absolute Gasteiger partial charge is 0.349 e. The fourth-order valence-corrected chi connectivity index (χ4v) is 4.09. The molecule has 4 aromatic rings.